The Kier molecular flexibility index (Phi) is 7.47. The Morgan fingerprint density at radius 2 is 1.74 bits per heavy atom. The van der Waals surface area contributed by atoms with Gasteiger partial charge in [0.05, 0.1) is 10.6 Å². The number of aryl methyl sites for hydroxylation is 1. The molecular formula is C26H36N2O2S. The van der Waals surface area contributed by atoms with E-state index in [0.29, 0.717) is 10.8 Å². The van der Waals surface area contributed by atoms with Gasteiger partial charge in [-0.15, -0.1) is 0 Å². The van der Waals surface area contributed by atoms with Crippen molar-refractivity contribution in [3.05, 3.63) is 64.7 Å². The molecule has 0 unspecified atom stereocenters. The molecule has 0 aliphatic carbocycles. The molecule has 0 amide bonds. The molecule has 1 fully saturated rings. The highest BCUT2D eigenvalue weighted by Gasteiger charge is 2.20. The highest BCUT2D eigenvalue weighted by atomic mass is 32.2. The number of benzene rings is 2. The zero-order valence-corrected chi connectivity index (χ0v) is 19.6. The molecule has 0 aromatic heterocycles. The fourth-order valence-corrected chi connectivity index (χ4v) is 6.36. The normalized spacial score (nSPS) is 18.5. The van der Waals surface area contributed by atoms with E-state index in [9.17, 15) is 8.42 Å². The second-order valence-electron chi connectivity index (χ2n) is 9.29. The molecule has 0 spiro atoms. The van der Waals surface area contributed by atoms with Crippen LogP contribution in [0.1, 0.15) is 47.9 Å². The highest BCUT2D eigenvalue weighted by molar-refractivity contribution is 7.91. The maximum Gasteiger partial charge on any atom is 0.178 e. The SMILES string of the molecule is Cc1ccccc1CN1CCc2ccc(S(=O)(=O)CCCC3CCNCC3)cc2CC1. The van der Waals surface area contributed by atoms with Gasteiger partial charge < -0.3 is 5.32 Å². The van der Waals surface area contributed by atoms with E-state index in [4.69, 9.17) is 0 Å². The van der Waals surface area contributed by atoms with Gasteiger partial charge in [0, 0.05) is 19.6 Å². The molecule has 4 rings (SSSR count). The zero-order valence-electron chi connectivity index (χ0n) is 18.8. The van der Waals surface area contributed by atoms with Crippen molar-refractivity contribution in [2.24, 2.45) is 5.92 Å². The van der Waals surface area contributed by atoms with Gasteiger partial charge in [0.2, 0.25) is 0 Å². The minimum absolute atomic E-state index is 0.273. The van der Waals surface area contributed by atoms with Gasteiger partial charge in [-0.2, -0.15) is 0 Å². The monoisotopic (exact) mass is 440 g/mol. The Balaban J connectivity index is 1.36. The third-order valence-corrected chi connectivity index (χ3v) is 8.87. The first-order valence-electron chi connectivity index (χ1n) is 11.8. The fraction of sp³-hybridized carbons (Fsp3) is 0.538. The van der Waals surface area contributed by atoms with Crippen LogP contribution < -0.4 is 5.32 Å². The summed E-state index contributed by atoms with van der Waals surface area (Å²) in [6.07, 6.45) is 6.06. The molecule has 0 bridgehead atoms. The average Bonchev–Trinajstić information content (AvgIpc) is 2.98. The summed E-state index contributed by atoms with van der Waals surface area (Å²) in [5.41, 5.74) is 5.24. The lowest BCUT2D eigenvalue weighted by Gasteiger charge is -2.22. The first-order valence-corrected chi connectivity index (χ1v) is 13.5. The molecule has 4 nitrogen and oxygen atoms in total. The van der Waals surface area contributed by atoms with Crippen LogP contribution in [0.5, 0.6) is 0 Å². The molecule has 0 atom stereocenters. The molecule has 168 valence electrons. The van der Waals surface area contributed by atoms with Crippen LogP contribution in [0, 0.1) is 12.8 Å². The first kappa shape index (κ1) is 22.5. The average molecular weight is 441 g/mol. The Labute approximate surface area is 188 Å². The molecule has 2 aliphatic heterocycles. The number of nitrogens with one attached hydrogen (secondary N) is 1. The van der Waals surface area contributed by atoms with Gasteiger partial charge in [-0.1, -0.05) is 30.3 Å². The third kappa shape index (κ3) is 5.97. The predicted octanol–water partition coefficient (Wildman–Crippen LogP) is 4.15. The number of fused-ring (bicyclic) bond motifs is 1. The molecule has 2 aromatic rings. The Morgan fingerprint density at radius 3 is 2.52 bits per heavy atom. The largest absolute Gasteiger partial charge is 0.317 e. The lowest BCUT2D eigenvalue weighted by atomic mass is 9.94. The summed E-state index contributed by atoms with van der Waals surface area (Å²) >= 11 is 0. The maximum absolute atomic E-state index is 13.0. The summed E-state index contributed by atoms with van der Waals surface area (Å²) in [5.74, 6) is 0.956. The molecule has 2 heterocycles. The second-order valence-corrected chi connectivity index (χ2v) is 11.4. The quantitative estimate of drug-likeness (QED) is 0.703. The van der Waals surface area contributed by atoms with Crippen molar-refractivity contribution in [3.63, 3.8) is 0 Å². The van der Waals surface area contributed by atoms with Gasteiger partial charge in [-0.25, -0.2) is 8.42 Å². The van der Waals surface area contributed by atoms with Crippen molar-refractivity contribution in [1.29, 1.82) is 0 Å². The van der Waals surface area contributed by atoms with Crippen LogP contribution in [-0.2, 0) is 29.2 Å². The smallest absolute Gasteiger partial charge is 0.178 e. The van der Waals surface area contributed by atoms with Crippen LogP contribution in [0.4, 0.5) is 0 Å². The molecular weight excluding hydrogens is 404 g/mol. The molecule has 2 aromatic carbocycles. The highest BCUT2D eigenvalue weighted by Crippen LogP contribution is 2.24. The van der Waals surface area contributed by atoms with Crippen molar-refractivity contribution in [3.8, 4) is 0 Å². The maximum atomic E-state index is 13.0. The molecule has 1 N–H and O–H groups in total. The standard InChI is InChI=1S/C26H36N2O2S/c1-21-5-2-3-7-25(21)20-28-16-12-23-8-9-26(19-24(23)13-17-28)31(29,30)18-4-6-22-10-14-27-15-11-22/h2-3,5,7-9,19,22,27H,4,6,10-18,20H2,1H3. The van der Waals surface area contributed by atoms with Crippen LogP contribution in [-0.4, -0.2) is 45.2 Å². The van der Waals surface area contributed by atoms with E-state index in [2.05, 4.69) is 47.5 Å². The summed E-state index contributed by atoms with van der Waals surface area (Å²) in [6, 6.07) is 14.4. The van der Waals surface area contributed by atoms with E-state index in [1.54, 1.807) is 0 Å². The molecule has 1 saturated heterocycles. The van der Waals surface area contributed by atoms with Crippen LogP contribution in [0.3, 0.4) is 0 Å². The molecule has 0 radical (unpaired) electrons. The van der Waals surface area contributed by atoms with E-state index in [0.717, 1.165) is 58.4 Å². The Bertz CT molecular complexity index is 981. The first-order chi connectivity index (χ1) is 15.0. The van der Waals surface area contributed by atoms with Crippen molar-refractivity contribution in [1.82, 2.24) is 10.2 Å². The van der Waals surface area contributed by atoms with Crippen molar-refractivity contribution in [2.45, 2.75) is 56.9 Å². The second kappa shape index (κ2) is 10.3. The predicted molar refractivity (Wildman–Crippen MR) is 127 cm³/mol. The van der Waals surface area contributed by atoms with Gasteiger partial charge in [-0.3, -0.25) is 4.90 Å². The van der Waals surface area contributed by atoms with Gasteiger partial charge in [0.15, 0.2) is 9.84 Å². The third-order valence-electron chi connectivity index (χ3n) is 7.07. The lowest BCUT2D eigenvalue weighted by molar-refractivity contribution is 0.279. The van der Waals surface area contributed by atoms with Gasteiger partial charge in [-0.05, 0) is 98.8 Å². The summed E-state index contributed by atoms with van der Waals surface area (Å²) in [6.45, 7) is 7.27. The molecule has 0 saturated carbocycles. The topological polar surface area (TPSA) is 49.4 Å². The van der Waals surface area contributed by atoms with E-state index < -0.39 is 9.84 Å². The lowest BCUT2D eigenvalue weighted by Crippen LogP contribution is -2.27. The summed E-state index contributed by atoms with van der Waals surface area (Å²) in [4.78, 5) is 3.01. The number of piperidine rings is 1. The van der Waals surface area contributed by atoms with Gasteiger partial charge in [0.1, 0.15) is 0 Å². The Morgan fingerprint density at radius 1 is 1.00 bits per heavy atom. The van der Waals surface area contributed by atoms with E-state index in [1.807, 2.05) is 12.1 Å². The van der Waals surface area contributed by atoms with Crippen LogP contribution in [0.15, 0.2) is 47.4 Å². The zero-order chi connectivity index (χ0) is 21.7. The summed E-state index contributed by atoms with van der Waals surface area (Å²) in [5, 5.41) is 3.38. The molecule has 31 heavy (non-hydrogen) atoms. The minimum Gasteiger partial charge on any atom is -0.317 e. The van der Waals surface area contributed by atoms with Crippen molar-refractivity contribution >= 4 is 9.84 Å². The summed E-state index contributed by atoms with van der Waals surface area (Å²) in [7, 11) is -3.20. The molecule has 5 heteroatoms. The van der Waals surface area contributed by atoms with E-state index >= 15 is 0 Å². The van der Waals surface area contributed by atoms with Crippen LogP contribution in [0.25, 0.3) is 0 Å². The number of rotatable bonds is 7. The Hall–Kier alpha value is -1.69. The molecule has 2 aliphatic rings. The number of sulfone groups is 1. The summed E-state index contributed by atoms with van der Waals surface area (Å²) < 4.78 is 25.9. The van der Waals surface area contributed by atoms with Crippen LogP contribution >= 0.6 is 0 Å². The minimum atomic E-state index is -3.20. The van der Waals surface area contributed by atoms with E-state index in [1.165, 1.54) is 35.1 Å². The number of hydrogen-bond acceptors (Lipinski definition) is 4. The number of nitrogens with zero attached hydrogens (tertiary/aromatic N) is 1. The van der Waals surface area contributed by atoms with Crippen molar-refractivity contribution < 1.29 is 8.42 Å². The van der Waals surface area contributed by atoms with Crippen molar-refractivity contribution in [2.75, 3.05) is 31.9 Å². The fourth-order valence-electron chi connectivity index (χ4n) is 4.98. The van der Waals surface area contributed by atoms with Crippen LogP contribution in [0.2, 0.25) is 0 Å². The van der Waals surface area contributed by atoms with E-state index in [-0.39, 0.29) is 5.75 Å². The number of hydrogen-bond donors (Lipinski definition) is 1. The van der Waals surface area contributed by atoms with Gasteiger partial charge >= 0.3 is 0 Å². The van der Waals surface area contributed by atoms with Gasteiger partial charge in [0.25, 0.3) is 0 Å².